The monoisotopic (exact) mass is 295 g/mol. The average molecular weight is 295 g/mol. The summed E-state index contributed by atoms with van der Waals surface area (Å²) in [5.41, 5.74) is 2.75. The Morgan fingerprint density at radius 2 is 2.05 bits per heavy atom. The molecular formula is C16H13N3OS. The van der Waals surface area contributed by atoms with Gasteiger partial charge in [-0.2, -0.15) is 0 Å². The second-order valence-corrected chi connectivity index (χ2v) is 5.21. The van der Waals surface area contributed by atoms with E-state index < -0.39 is 0 Å². The van der Waals surface area contributed by atoms with Crippen molar-refractivity contribution in [2.24, 2.45) is 0 Å². The predicted octanol–water partition coefficient (Wildman–Crippen LogP) is 3.79. The van der Waals surface area contributed by atoms with Crippen molar-refractivity contribution < 1.29 is 4.79 Å². The van der Waals surface area contributed by atoms with Gasteiger partial charge >= 0.3 is 0 Å². The van der Waals surface area contributed by atoms with Crippen LogP contribution in [0, 0.1) is 0 Å². The topological polar surface area (TPSA) is 57.8 Å². The van der Waals surface area contributed by atoms with E-state index in [9.17, 15) is 4.79 Å². The van der Waals surface area contributed by atoms with Crippen LogP contribution < -0.4 is 5.32 Å². The number of nitrogens with zero attached hydrogens (tertiary/aromatic N) is 1. The van der Waals surface area contributed by atoms with Gasteiger partial charge in [-0.25, -0.2) is 4.98 Å². The van der Waals surface area contributed by atoms with Gasteiger partial charge in [-0.05, 0) is 23.8 Å². The predicted molar refractivity (Wildman–Crippen MR) is 86.0 cm³/mol. The Balaban J connectivity index is 1.64. The Kier molecular flexibility index (Phi) is 3.93. The third-order valence-corrected chi connectivity index (χ3v) is 3.59. The molecule has 21 heavy (non-hydrogen) atoms. The van der Waals surface area contributed by atoms with E-state index in [-0.39, 0.29) is 5.91 Å². The number of amides is 1. The molecule has 1 amide bonds. The van der Waals surface area contributed by atoms with E-state index in [1.54, 1.807) is 6.08 Å². The SMILES string of the molecule is O=C(/C=C/c1ccccc1)Nc1nc(-c2ccc[nH]2)cs1. The molecule has 0 saturated heterocycles. The lowest BCUT2D eigenvalue weighted by Crippen LogP contribution is -2.07. The van der Waals surface area contributed by atoms with Crippen molar-refractivity contribution in [3.63, 3.8) is 0 Å². The number of benzene rings is 1. The first-order valence-electron chi connectivity index (χ1n) is 6.45. The van der Waals surface area contributed by atoms with Crippen LogP contribution in [0.3, 0.4) is 0 Å². The second-order valence-electron chi connectivity index (χ2n) is 4.35. The highest BCUT2D eigenvalue weighted by Crippen LogP contribution is 2.23. The van der Waals surface area contributed by atoms with Crippen LogP contribution in [0.25, 0.3) is 17.5 Å². The summed E-state index contributed by atoms with van der Waals surface area (Å²) in [6, 6.07) is 13.5. The fourth-order valence-corrected chi connectivity index (χ4v) is 2.54. The number of aromatic amines is 1. The highest BCUT2D eigenvalue weighted by molar-refractivity contribution is 7.14. The molecule has 2 heterocycles. The number of aromatic nitrogens is 2. The van der Waals surface area contributed by atoms with Gasteiger partial charge in [0, 0.05) is 17.7 Å². The van der Waals surface area contributed by atoms with Crippen molar-refractivity contribution >= 4 is 28.5 Å². The van der Waals surface area contributed by atoms with Gasteiger partial charge in [-0.15, -0.1) is 11.3 Å². The molecule has 2 aromatic heterocycles. The molecule has 1 aromatic carbocycles. The Morgan fingerprint density at radius 1 is 1.19 bits per heavy atom. The zero-order valence-corrected chi connectivity index (χ0v) is 11.9. The Bertz CT molecular complexity index is 745. The molecule has 0 spiro atoms. The van der Waals surface area contributed by atoms with E-state index in [1.165, 1.54) is 17.4 Å². The number of rotatable bonds is 4. The summed E-state index contributed by atoms with van der Waals surface area (Å²) >= 11 is 1.40. The lowest BCUT2D eigenvalue weighted by molar-refractivity contribution is -0.111. The number of hydrogen-bond donors (Lipinski definition) is 2. The Hall–Kier alpha value is -2.66. The molecule has 0 saturated carbocycles. The second kappa shape index (κ2) is 6.19. The lowest BCUT2D eigenvalue weighted by atomic mass is 10.2. The van der Waals surface area contributed by atoms with E-state index in [0.717, 1.165) is 17.0 Å². The lowest BCUT2D eigenvalue weighted by Gasteiger charge is -1.96. The Labute approximate surface area is 126 Å². The fraction of sp³-hybridized carbons (Fsp3) is 0. The van der Waals surface area contributed by atoms with Crippen LogP contribution in [0.4, 0.5) is 5.13 Å². The van der Waals surface area contributed by atoms with Crippen LogP contribution in [0.5, 0.6) is 0 Å². The molecule has 0 bridgehead atoms. The summed E-state index contributed by atoms with van der Waals surface area (Å²) < 4.78 is 0. The van der Waals surface area contributed by atoms with Crippen molar-refractivity contribution in [2.45, 2.75) is 0 Å². The van der Waals surface area contributed by atoms with Gasteiger partial charge in [0.2, 0.25) is 5.91 Å². The van der Waals surface area contributed by atoms with Crippen molar-refractivity contribution in [3.05, 3.63) is 65.7 Å². The van der Waals surface area contributed by atoms with E-state index in [2.05, 4.69) is 15.3 Å². The van der Waals surface area contributed by atoms with Crippen LogP contribution in [-0.4, -0.2) is 15.9 Å². The van der Waals surface area contributed by atoms with Gasteiger partial charge in [0.1, 0.15) is 0 Å². The number of hydrogen-bond acceptors (Lipinski definition) is 3. The summed E-state index contributed by atoms with van der Waals surface area (Å²) in [4.78, 5) is 19.3. The van der Waals surface area contributed by atoms with Gasteiger partial charge in [0.05, 0.1) is 11.4 Å². The molecule has 3 rings (SSSR count). The molecule has 0 radical (unpaired) electrons. The first-order valence-corrected chi connectivity index (χ1v) is 7.32. The number of carbonyl (C=O) groups excluding carboxylic acids is 1. The van der Waals surface area contributed by atoms with Crippen LogP contribution in [0.15, 0.2) is 60.1 Å². The largest absolute Gasteiger partial charge is 0.360 e. The molecular weight excluding hydrogens is 282 g/mol. The smallest absolute Gasteiger partial charge is 0.250 e. The maximum absolute atomic E-state index is 11.8. The quantitative estimate of drug-likeness (QED) is 0.719. The van der Waals surface area contributed by atoms with E-state index in [1.807, 2.05) is 54.0 Å². The zero-order chi connectivity index (χ0) is 14.5. The first-order chi connectivity index (χ1) is 10.3. The normalized spacial score (nSPS) is 10.9. The summed E-state index contributed by atoms with van der Waals surface area (Å²) in [5.74, 6) is -0.189. The van der Waals surface area contributed by atoms with Crippen LogP contribution in [-0.2, 0) is 4.79 Å². The molecule has 4 nitrogen and oxygen atoms in total. The average Bonchev–Trinajstić information content (AvgIpc) is 3.17. The van der Waals surface area contributed by atoms with E-state index in [4.69, 9.17) is 0 Å². The summed E-state index contributed by atoms with van der Waals surface area (Å²) in [6.45, 7) is 0. The molecule has 0 fully saturated rings. The minimum atomic E-state index is -0.189. The van der Waals surface area contributed by atoms with Crippen molar-refractivity contribution in [1.29, 1.82) is 0 Å². The van der Waals surface area contributed by atoms with Crippen LogP contribution >= 0.6 is 11.3 Å². The van der Waals surface area contributed by atoms with Gasteiger partial charge in [0.25, 0.3) is 0 Å². The number of H-pyrrole nitrogens is 1. The van der Waals surface area contributed by atoms with Crippen molar-refractivity contribution in [2.75, 3.05) is 5.32 Å². The molecule has 104 valence electrons. The fourth-order valence-electron chi connectivity index (χ4n) is 1.83. The van der Waals surface area contributed by atoms with Gasteiger partial charge in [-0.1, -0.05) is 30.3 Å². The molecule has 0 aliphatic carbocycles. The number of thiazole rings is 1. The van der Waals surface area contributed by atoms with Crippen LogP contribution in [0.1, 0.15) is 5.56 Å². The third-order valence-electron chi connectivity index (χ3n) is 2.83. The van der Waals surface area contributed by atoms with E-state index >= 15 is 0 Å². The van der Waals surface area contributed by atoms with E-state index in [0.29, 0.717) is 5.13 Å². The summed E-state index contributed by atoms with van der Waals surface area (Å²) in [7, 11) is 0. The minimum absolute atomic E-state index is 0.189. The maximum Gasteiger partial charge on any atom is 0.250 e. The maximum atomic E-state index is 11.8. The molecule has 0 atom stereocenters. The molecule has 5 heteroatoms. The van der Waals surface area contributed by atoms with Gasteiger partial charge in [-0.3, -0.25) is 10.1 Å². The van der Waals surface area contributed by atoms with Crippen molar-refractivity contribution in [3.8, 4) is 11.4 Å². The standard InChI is InChI=1S/C16H13N3OS/c20-15(9-8-12-5-2-1-3-6-12)19-16-18-14(11-21-16)13-7-4-10-17-13/h1-11,17H,(H,18,19,20)/b9-8+. The van der Waals surface area contributed by atoms with Gasteiger partial charge in [0.15, 0.2) is 5.13 Å². The molecule has 0 aliphatic rings. The number of anilines is 1. The van der Waals surface area contributed by atoms with Crippen LogP contribution in [0.2, 0.25) is 0 Å². The van der Waals surface area contributed by atoms with Crippen molar-refractivity contribution in [1.82, 2.24) is 9.97 Å². The molecule has 0 unspecified atom stereocenters. The molecule has 2 N–H and O–H groups in total. The van der Waals surface area contributed by atoms with Gasteiger partial charge < -0.3 is 4.98 Å². The zero-order valence-electron chi connectivity index (χ0n) is 11.1. The third kappa shape index (κ3) is 3.46. The highest BCUT2D eigenvalue weighted by Gasteiger charge is 2.06. The number of nitrogens with one attached hydrogen (secondary N) is 2. The number of carbonyl (C=O) groups is 1. The summed E-state index contributed by atoms with van der Waals surface area (Å²) in [5, 5.41) is 5.25. The summed E-state index contributed by atoms with van der Waals surface area (Å²) in [6.07, 6.45) is 5.12. The molecule has 3 aromatic rings. The highest BCUT2D eigenvalue weighted by atomic mass is 32.1. The Morgan fingerprint density at radius 3 is 2.81 bits per heavy atom. The minimum Gasteiger partial charge on any atom is -0.360 e. The first kappa shape index (κ1) is 13.3. The molecule has 0 aliphatic heterocycles.